The number of aromatic nitrogens is 2. The van der Waals surface area contributed by atoms with Gasteiger partial charge < -0.3 is 16.0 Å². The van der Waals surface area contributed by atoms with Crippen molar-refractivity contribution in [1.29, 1.82) is 0 Å². The molecule has 0 saturated carbocycles. The van der Waals surface area contributed by atoms with Gasteiger partial charge in [-0.2, -0.15) is 0 Å². The van der Waals surface area contributed by atoms with Crippen molar-refractivity contribution in [3.8, 4) is 0 Å². The summed E-state index contributed by atoms with van der Waals surface area (Å²) in [5.41, 5.74) is 8.50. The highest BCUT2D eigenvalue weighted by Crippen LogP contribution is 2.21. The third-order valence-corrected chi connectivity index (χ3v) is 3.56. The number of aromatic amines is 1. The van der Waals surface area contributed by atoms with E-state index in [1.165, 1.54) is 0 Å². The second-order valence-electron chi connectivity index (χ2n) is 4.63. The molecule has 4 N–H and O–H groups in total. The predicted octanol–water partition coefficient (Wildman–Crippen LogP) is 2.63. The van der Waals surface area contributed by atoms with Crippen molar-refractivity contribution in [2.75, 3.05) is 18.0 Å². The molecule has 0 amide bonds. The van der Waals surface area contributed by atoms with E-state index in [4.69, 9.17) is 5.73 Å². The summed E-state index contributed by atoms with van der Waals surface area (Å²) in [6, 6.07) is 6.31. The molecule has 2 aromatic rings. The summed E-state index contributed by atoms with van der Waals surface area (Å²) in [6.07, 6.45) is 1.14. The van der Waals surface area contributed by atoms with Gasteiger partial charge in [0.05, 0.1) is 11.0 Å². The molecule has 0 aliphatic carbocycles. The van der Waals surface area contributed by atoms with Gasteiger partial charge >= 0.3 is 0 Å². The van der Waals surface area contributed by atoms with Gasteiger partial charge in [-0.3, -0.25) is 0 Å². The predicted molar refractivity (Wildman–Crippen MR) is 79.0 cm³/mol. The van der Waals surface area contributed by atoms with E-state index in [0.717, 1.165) is 40.6 Å². The summed E-state index contributed by atoms with van der Waals surface area (Å²) in [5, 5.41) is 4.38. The summed E-state index contributed by atoms with van der Waals surface area (Å²) in [4.78, 5) is 7.81. The summed E-state index contributed by atoms with van der Waals surface area (Å²) in [6.45, 7) is 5.38. The Morgan fingerprint density at radius 2 is 2.28 bits per heavy atom. The first kappa shape index (κ1) is 13.2. The first-order valence-corrected chi connectivity index (χ1v) is 7.25. The smallest absolute Gasteiger partial charge is 0.166 e. The Kier molecular flexibility index (Phi) is 4.49. The van der Waals surface area contributed by atoms with Gasteiger partial charge in [0.2, 0.25) is 0 Å². The van der Waals surface area contributed by atoms with Crippen LogP contribution in [0.15, 0.2) is 23.4 Å². The van der Waals surface area contributed by atoms with Crippen LogP contribution in [0, 0.1) is 0 Å². The van der Waals surface area contributed by atoms with Crippen LogP contribution in [0.4, 0.5) is 5.69 Å². The molecule has 18 heavy (non-hydrogen) atoms. The number of nitrogens with zero attached hydrogens (tertiary/aromatic N) is 1. The number of nitrogens with two attached hydrogens (primary N) is 1. The van der Waals surface area contributed by atoms with Crippen molar-refractivity contribution in [3.63, 3.8) is 0 Å². The molecule has 1 heterocycles. The maximum absolute atomic E-state index is 5.74. The van der Waals surface area contributed by atoms with E-state index in [2.05, 4.69) is 29.1 Å². The van der Waals surface area contributed by atoms with Crippen LogP contribution in [0.3, 0.4) is 0 Å². The van der Waals surface area contributed by atoms with Crippen LogP contribution < -0.4 is 11.1 Å². The number of H-pyrrole nitrogens is 1. The number of benzene rings is 1. The molecule has 1 aromatic carbocycles. The first-order chi connectivity index (χ1) is 8.65. The topological polar surface area (TPSA) is 66.7 Å². The molecule has 0 saturated heterocycles. The van der Waals surface area contributed by atoms with Gasteiger partial charge in [-0.15, -0.1) is 0 Å². The van der Waals surface area contributed by atoms with Gasteiger partial charge in [0.15, 0.2) is 5.16 Å². The lowest BCUT2D eigenvalue weighted by Crippen LogP contribution is -2.23. The van der Waals surface area contributed by atoms with Crippen molar-refractivity contribution in [3.05, 3.63) is 18.2 Å². The first-order valence-electron chi connectivity index (χ1n) is 6.26. The van der Waals surface area contributed by atoms with E-state index in [9.17, 15) is 0 Å². The zero-order chi connectivity index (χ0) is 13.0. The number of thioether (sulfide) groups is 1. The summed E-state index contributed by atoms with van der Waals surface area (Å²) < 4.78 is 0. The second kappa shape index (κ2) is 6.11. The zero-order valence-corrected chi connectivity index (χ0v) is 11.7. The van der Waals surface area contributed by atoms with Gasteiger partial charge in [0.25, 0.3) is 0 Å². The fourth-order valence-electron chi connectivity index (χ4n) is 1.70. The molecule has 0 radical (unpaired) electrons. The molecule has 5 heteroatoms. The van der Waals surface area contributed by atoms with E-state index < -0.39 is 0 Å². The minimum atomic E-state index is 0.559. The third kappa shape index (κ3) is 3.65. The number of nitrogen functional groups attached to an aromatic ring is 1. The summed E-state index contributed by atoms with van der Waals surface area (Å²) in [7, 11) is 0. The molecular weight excluding hydrogens is 244 g/mol. The van der Waals surface area contributed by atoms with Crippen LogP contribution in [0.1, 0.15) is 20.3 Å². The SMILES string of the molecule is CC(C)NCCCSc1nc2ccc(N)cc2[nH]1. The lowest BCUT2D eigenvalue weighted by atomic mass is 10.3. The van der Waals surface area contributed by atoms with E-state index in [1.54, 1.807) is 11.8 Å². The lowest BCUT2D eigenvalue weighted by Gasteiger charge is -2.06. The molecule has 0 unspecified atom stereocenters. The molecule has 2 rings (SSSR count). The van der Waals surface area contributed by atoms with Crippen LogP contribution in [-0.4, -0.2) is 28.3 Å². The fourth-order valence-corrected chi connectivity index (χ4v) is 2.53. The van der Waals surface area contributed by atoms with E-state index in [0.29, 0.717) is 6.04 Å². The molecule has 0 fully saturated rings. The van der Waals surface area contributed by atoms with Gasteiger partial charge in [-0.1, -0.05) is 25.6 Å². The zero-order valence-electron chi connectivity index (χ0n) is 10.9. The number of nitrogens with one attached hydrogen (secondary N) is 2. The normalized spacial score (nSPS) is 11.5. The lowest BCUT2D eigenvalue weighted by molar-refractivity contribution is 0.585. The van der Waals surface area contributed by atoms with Gasteiger partial charge in [0.1, 0.15) is 0 Å². The Morgan fingerprint density at radius 1 is 1.44 bits per heavy atom. The van der Waals surface area contributed by atoms with Gasteiger partial charge in [0, 0.05) is 17.5 Å². The number of anilines is 1. The fraction of sp³-hybridized carbons (Fsp3) is 0.462. The number of hydrogen-bond donors (Lipinski definition) is 3. The minimum Gasteiger partial charge on any atom is -0.399 e. The number of rotatable bonds is 6. The van der Waals surface area contributed by atoms with Crippen molar-refractivity contribution in [1.82, 2.24) is 15.3 Å². The van der Waals surface area contributed by atoms with Crippen LogP contribution in [0.5, 0.6) is 0 Å². The Hall–Kier alpha value is -1.20. The molecule has 0 aliphatic rings. The minimum absolute atomic E-state index is 0.559. The van der Waals surface area contributed by atoms with Crippen molar-refractivity contribution >= 4 is 28.5 Å². The average molecular weight is 264 g/mol. The number of hydrogen-bond acceptors (Lipinski definition) is 4. The molecule has 0 atom stereocenters. The van der Waals surface area contributed by atoms with E-state index in [-0.39, 0.29) is 0 Å². The maximum Gasteiger partial charge on any atom is 0.166 e. The monoisotopic (exact) mass is 264 g/mol. The third-order valence-electron chi connectivity index (χ3n) is 2.60. The summed E-state index contributed by atoms with van der Waals surface area (Å²) in [5.74, 6) is 1.06. The van der Waals surface area contributed by atoms with E-state index in [1.807, 2.05) is 18.2 Å². The van der Waals surface area contributed by atoms with Gasteiger partial charge in [-0.05, 0) is 31.2 Å². The average Bonchev–Trinajstić information content (AvgIpc) is 2.70. The standard InChI is InChI=1S/C13H20N4S/c1-9(2)15-6-3-7-18-13-16-11-5-4-10(14)8-12(11)17-13/h4-5,8-9,15H,3,6-7,14H2,1-2H3,(H,16,17). The molecule has 0 bridgehead atoms. The summed E-state index contributed by atoms with van der Waals surface area (Å²) >= 11 is 1.76. The largest absolute Gasteiger partial charge is 0.399 e. The van der Waals surface area contributed by atoms with Crippen LogP contribution >= 0.6 is 11.8 Å². The molecule has 1 aromatic heterocycles. The Morgan fingerprint density at radius 3 is 3.06 bits per heavy atom. The van der Waals surface area contributed by atoms with Crippen molar-refractivity contribution < 1.29 is 0 Å². The molecule has 4 nitrogen and oxygen atoms in total. The second-order valence-corrected chi connectivity index (χ2v) is 5.71. The number of imidazole rings is 1. The highest BCUT2D eigenvalue weighted by molar-refractivity contribution is 7.99. The van der Waals surface area contributed by atoms with Crippen LogP contribution in [0.25, 0.3) is 11.0 Å². The highest BCUT2D eigenvalue weighted by Gasteiger charge is 2.03. The molecular formula is C13H20N4S. The molecule has 0 aliphatic heterocycles. The quantitative estimate of drug-likeness (QED) is 0.426. The van der Waals surface area contributed by atoms with E-state index >= 15 is 0 Å². The van der Waals surface area contributed by atoms with Crippen LogP contribution in [-0.2, 0) is 0 Å². The van der Waals surface area contributed by atoms with Gasteiger partial charge in [-0.25, -0.2) is 4.98 Å². The Balaban J connectivity index is 1.84. The maximum atomic E-state index is 5.74. The molecule has 0 spiro atoms. The van der Waals surface area contributed by atoms with Crippen molar-refractivity contribution in [2.24, 2.45) is 0 Å². The molecule has 98 valence electrons. The van der Waals surface area contributed by atoms with Crippen LogP contribution in [0.2, 0.25) is 0 Å². The Bertz CT molecular complexity index is 507. The number of fused-ring (bicyclic) bond motifs is 1. The highest BCUT2D eigenvalue weighted by atomic mass is 32.2. The Labute approximate surface area is 112 Å². The van der Waals surface area contributed by atoms with Crippen molar-refractivity contribution in [2.45, 2.75) is 31.5 Å².